The molecule has 0 amide bonds. The largest absolute Gasteiger partial charge is 0.408 e. The Morgan fingerprint density at radius 2 is 1.85 bits per heavy atom. The third-order valence-electron chi connectivity index (χ3n) is 2.54. The van der Waals surface area contributed by atoms with E-state index in [0.717, 1.165) is 11.7 Å². The molecule has 0 radical (unpaired) electrons. The van der Waals surface area contributed by atoms with Crippen LogP contribution >= 0.6 is 11.8 Å². The SMILES string of the molecule is CC(C)(C)[Si](C)(C)OCSCCO. The van der Waals surface area contributed by atoms with E-state index in [0.29, 0.717) is 0 Å². The van der Waals surface area contributed by atoms with E-state index in [2.05, 4.69) is 33.9 Å². The highest BCUT2D eigenvalue weighted by Gasteiger charge is 2.36. The van der Waals surface area contributed by atoms with Crippen LogP contribution in [0.25, 0.3) is 0 Å². The summed E-state index contributed by atoms with van der Waals surface area (Å²) in [4.78, 5) is 0. The maximum Gasteiger partial charge on any atom is 0.193 e. The highest BCUT2D eigenvalue weighted by atomic mass is 32.2. The molecular formula is C9H22O2SSi. The molecule has 0 fully saturated rings. The van der Waals surface area contributed by atoms with Crippen LogP contribution in [0.5, 0.6) is 0 Å². The van der Waals surface area contributed by atoms with Crippen LogP contribution in [0.1, 0.15) is 20.8 Å². The Hall–Kier alpha value is 0.487. The Bertz CT molecular complexity index is 143. The van der Waals surface area contributed by atoms with Gasteiger partial charge in [-0.05, 0) is 18.1 Å². The molecule has 0 aliphatic carbocycles. The number of aliphatic hydroxyl groups is 1. The minimum Gasteiger partial charge on any atom is -0.408 e. The minimum atomic E-state index is -1.56. The Morgan fingerprint density at radius 3 is 2.23 bits per heavy atom. The molecule has 0 bridgehead atoms. The van der Waals surface area contributed by atoms with Crippen molar-refractivity contribution in [3.8, 4) is 0 Å². The summed E-state index contributed by atoms with van der Waals surface area (Å²) in [5.74, 6) is 1.49. The molecule has 0 aromatic heterocycles. The van der Waals surface area contributed by atoms with Crippen LogP contribution < -0.4 is 0 Å². The van der Waals surface area contributed by atoms with Gasteiger partial charge in [-0.1, -0.05) is 20.8 Å². The van der Waals surface area contributed by atoms with Gasteiger partial charge in [-0.15, -0.1) is 11.8 Å². The predicted octanol–water partition coefficient (Wildman–Crippen LogP) is 2.69. The maximum atomic E-state index is 8.59. The van der Waals surface area contributed by atoms with Crippen LogP contribution in [-0.2, 0) is 4.43 Å². The summed E-state index contributed by atoms with van der Waals surface area (Å²) in [5, 5.41) is 8.88. The van der Waals surface area contributed by atoms with Crippen molar-refractivity contribution in [3.05, 3.63) is 0 Å². The quantitative estimate of drug-likeness (QED) is 0.440. The van der Waals surface area contributed by atoms with Gasteiger partial charge in [0.15, 0.2) is 8.32 Å². The van der Waals surface area contributed by atoms with Crippen molar-refractivity contribution in [1.82, 2.24) is 0 Å². The average Bonchev–Trinajstić information content (AvgIpc) is 1.96. The summed E-state index contributed by atoms with van der Waals surface area (Å²) in [7, 11) is -1.56. The summed E-state index contributed by atoms with van der Waals surface area (Å²) in [5.41, 5.74) is 0. The van der Waals surface area contributed by atoms with Crippen LogP contribution in [-0.4, -0.2) is 31.7 Å². The zero-order valence-corrected chi connectivity index (χ0v) is 11.2. The molecule has 0 aromatic carbocycles. The average molecular weight is 222 g/mol. The fourth-order valence-corrected chi connectivity index (χ4v) is 2.72. The first-order chi connectivity index (χ1) is 5.81. The van der Waals surface area contributed by atoms with Gasteiger partial charge in [0.05, 0.1) is 12.5 Å². The molecular weight excluding hydrogens is 200 g/mol. The molecule has 0 rings (SSSR count). The van der Waals surface area contributed by atoms with E-state index in [1.807, 2.05) is 0 Å². The standard InChI is InChI=1S/C9H22O2SSi/c1-9(2,3)13(4,5)11-8-12-7-6-10/h10H,6-8H2,1-5H3. The monoisotopic (exact) mass is 222 g/mol. The molecule has 4 heteroatoms. The summed E-state index contributed by atoms with van der Waals surface area (Å²) in [6.45, 7) is 11.4. The summed E-state index contributed by atoms with van der Waals surface area (Å²) in [6.07, 6.45) is 0. The molecule has 0 unspecified atom stereocenters. The van der Waals surface area contributed by atoms with Crippen LogP contribution in [0.3, 0.4) is 0 Å². The molecule has 0 spiro atoms. The third-order valence-corrected chi connectivity index (χ3v) is 7.99. The van der Waals surface area contributed by atoms with Gasteiger partial charge in [-0.2, -0.15) is 0 Å². The lowest BCUT2D eigenvalue weighted by Gasteiger charge is -2.35. The van der Waals surface area contributed by atoms with Crippen molar-refractivity contribution in [1.29, 1.82) is 0 Å². The summed E-state index contributed by atoms with van der Waals surface area (Å²) < 4.78 is 5.89. The van der Waals surface area contributed by atoms with Crippen LogP contribution in [0.15, 0.2) is 0 Å². The van der Waals surface area contributed by atoms with Crippen molar-refractivity contribution in [3.63, 3.8) is 0 Å². The number of hydrogen-bond donors (Lipinski definition) is 1. The third kappa shape index (κ3) is 5.05. The summed E-state index contributed by atoms with van der Waals surface area (Å²) >= 11 is 1.66. The lowest BCUT2D eigenvalue weighted by molar-refractivity contribution is 0.320. The smallest absolute Gasteiger partial charge is 0.193 e. The molecule has 0 atom stereocenters. The first-order valence-corrected chi connectivity index (χ1v) is 8.70. The Balaban J connectivity index is 3.77. The van der Waals surface area contributed by atoms with E-state index < -0.39 is 8.32 Å². The highest BCUT2D eigenvalue weighted by Crippen LogP contribution is 2.36. The van der Waals surface area contributed by atoms with Crippen LogP contribution in [0.4, 0.5) is 0 Å². The Morgan fingerprint density at radius 1 is 1.31 bits per heavy atom. The van der Waals surface area contributed by atoms with Gasteiger partial charge >= 0.3 is 0 Å². The van der Waals surface area contributed by atoms with Crippen molar-refractivity contribution >= 4 is 20.1 Å². The van der Waals surface area contributed by atoms with Gasteiger partial charge in [-0.3, -0.25) is 0 Å². The van der Waals surface area contributed by atoms with E-state index in [9.17, 15) is 0 Å². The number of thioether (sulfide) groups is 1. The molecule has 13 heavy (non-hydrogen) atoms. The number of aliphatic hydroxyl groups excluding tert-OH is 1. The van der Waals surface area contributed by atoms with Crippen molar-refractivity contribution in [2.75, 3.05) is 18.3 Å². The van der Waals surface area contributed by atoms with Crippen LogP contribution in [0, 0.1) is 0 Å². The predicted molar refractivity (Wildman–Crippen MR) is 62.7 cm³/mol. The first kappa shape index (κ1) is 13.5. The van der Waals surface area contributed by atoms with Crippen molar-refractivity contribution in [2.24, 2.45) is 0 Å². The second-order valence-corrected chi connectivity index (χ2v) is 10.5. The zero-order valence-electron chi connectivity index (χ0n) is 9.39. The Kier molecular flexibility index (Phi) is 5.59. The molecule has 0 aromatic rings. The lowest BCUT2D eigenvalue weighted by atomic mass is 10.2. The van der Waals surface area contributed by atoms with Crippen molar-refractivity contribution < 1.29 is 9.53 Å². The Labute approximate surface area is 87.2 Å². The maximum absolute atomic E-state index is 8.59. The molecule has 0 aliphatic rings. The molecule has 1 N–H and O–H groups in total. The molecule has 0 saturated heterocycles. The van der Waals surface area contributed by atoms with Crippen molar-refractivity contribution in [2.45, 2.75) is 38.9 Å². The van der Waals surface area contributed by atoms with E-state index in [1.165, 1.54) is 0 Å². The number of hydrogen-bond acceptors (Lipinski definition) is 3. The van der Waals surface area contributed by atoms with Crippen LogP contribution in [0.2, 0.25) is 18.1 Å². The normalized spacial score (nSPS) is 13.4. The lowest BCUT2D eigenvalue weighted by Crippen LogP contribution is -2.40. The molecule has 80 valence electrons. The molecule has 0 saturated carbocycles. The molecule has 0 aliphatic heterocycles. The van der Waals surface area contributed by atoms with E-state index in [4.69, 9.17) is 9.53 Å². The fraction of sp³-hybridized carbons (Fsp3) is 1.00. The van der Waals surface area contributed by atoms with E-state index >= 15 is 0 Å². The minimum absolute atomic E-state index is 0.242. The van der Waals surface area contributed by atoms with E-state index in [1.54, 1.807) is 11.8 Å². The van der Waals surface area contributed by atoms with Gasteiger partial charge in [0.1, 0.15) is 0 Å². The first-order valence-electron chi connectivity index (χ1n) is 4.64. The van der Waals surface area contributed by atoms with Gasteiger partial charge in [0.2, 0.25) is 0 Å². The number of rotatable bonds is 5. The van der Waals surface area contributed by atoms with Gasteiger partial charge in [-0.25, -0.2) is 0 Å². The molecule has 2 nitrogen and oxygen atoms in total. The second kappa shape index (κ2) is 5.39. The van der Waals surface area contributed by atoms with Gasteiger partial charge in [0.25, 0.3) is 0 Å². The summed E-state index contributed by atoms with van der Waals surface area (Å²) in [6, 6.07) is 0. The van der Waals surface area contributed by atoms with Gasteiger partial charge in [0, 0.05) is 5.75 Å². The fourth-order valence-electron chi connectivity index (χ4n) is 0.529. The molecule has 0 heterocycles. The highest BCUT2D eigenvalue weighted by molar-refractivity contribution is 7.99. The second-order valence-electron chi connectivity index (χ2n) is 4.65. The van der Waals surface area contributed by atoms with Gasteiger partial charge < -0.3 is 9.53 Å². The van der Waals surface area contributed by atoms with E-state index in [-0.39, 0.29) is 11.6 Å². The zero-order chi connectivity index (χ0) is 10.5. The topological polar surface area (TPSA) is 29.5 Å².